The maximum Gasteiger partial charge on any atom is 0.232 e. The minimum Gasteiger partial charge on any atom is -0.399 e. The molecule has 118 valence electrons. The smallest absolute Gasteiger partial charge is 0.232 e. The molecule has 1 amide bonds. The number of thioether (sulfide) groups is 1. The van der Waals surface area contributed by atoms with Crippen LogP contribution in [0, 0.1) is 11.8 Å². The summed E-state index contributed by atoms with van der Waals surface area (Å²) < 4.78 is 0. The van der Waals surface area contributed by atoms with Gasteiger partial charge in [-0.15, -0.1) is 11.8 Å². The van der Waals surface area contributed by atoms with Gasteiger partial charge < -0.3 is 10.6 Å². The number of hydrogen-bond acceptors (Lipinski definition) is 3. The molecule has 3 nitrogen and oxygen atoms in total. The van der Waals surface area contributed by atoms with Gasteiger partial charge in [-0.2, -0.15) is 0 Å². The summed E-state index contributed by atoms with van der Waals surface area (Å²) in [6.07, 6.45) is 0. The van der Waals surface area contributed by atoms with Crippen LogP contribution in [0.3, 0.4) is 0 Å². The number of nitrogens with zero attached hydrogens (tertiary/aromatic N) is 1. The molecule has 0 saturated heterocycles. The third-order valence-corrected chi connectivity index (χ3v) is 4.31. The number of halogens is 1. The summed E-state index contributed by atoms with van der Waals surface area (Å²) in [6.45, 7) is 10.1. The van der Waals surface area contributed by atoms with Crippen LogP contribution in [0.15, 0.2) is 23.1 Å². The van der Waals surface area contributed by atoms with E-state index in [1.807, 2.05) is 11.0 Å². The van der Waals surface area contributed by atoms with E-state index < -0.39 is 0 Å². The predicted octanol–water partition coefficient (Wildman–Crippen LogP) is 4.15. The Morgan fingerprint density at radius 2 is 1.81 bits per heavy atom. The van der Waals surface area contributed by atoms with Gasteiger partial charge >= 0.3 is 0 Å². The molecule has 1 aromatic rings. The number of rotatable bonds is 7. The molecule has 0 spiro atoms. The van der Waals surface area contributed by atoms with Crippen LogP contribution >= 0.6 is 23.4 Å². The lowest BCUT2D eigenvalue weighted by Gasteiger charge is -2.26. The van der Waals surface area contributed by atoms with E-state index in [-0.39, 0.29) is 5.91 Å². The normalized spacial score (nSPS) is 11.2. The van der Waals surface area contributed by atoms with Crippen molar-refractivity contribution in [2.24, 2.45) is 11.8 Å². The number of benzene rings is 1. The lowest BCUT2D eigenvalue weighted by atomic mass is 10.1. The standard InChI is InChI=1S/C16H25ClN2OS/c1-11(2)8-19(9-12(3)4)16(20)10-21-15-7-13(18)5-6-14(15)17/h5-7,11-12H,8-10,18H2,1-4H3. The van der Waals surface area contributed by atoms with E-state index in [9.17, 15) is 4.79 Å². The molecule has 0 atom stereocenters. The third kappa shape index (κ3) is 6.62. The van der Waals surface area contributed by atoms with Crippen molar-refractivity contribution >= 4 is 35.0 Å². The highest BCUT2D eigenvalue weighted by Gasteiger charge is 2.17. The predicted molar refractivity (Wildman–Crippen MR) is 92.8 cm³/mol. The van der Waals surface area contributed by atoms with E-state index >= 15 is 0 Å². The second-order valence-electron chi connectivity index (χ2n) is 6.06. The Balaban J connectivity index is 2.66. The molecule has 2 N–H and O–H groups in total. The van der Waals surface area contributed by atoms with Gasteiger partial charge in [0.25, 0.3) is 0 Å². The summed E-state index contributed by atoms with van der Waals surface area (Å²) >= 11 is 7.58. The second kappa shape index (κ2) is 8.54. The van der Waals surface area contributed by atoms with Gasteiger partial charge in [-0.05, 0) is 30.0 Å². The van der Waals surface area contributed by atoms with Gasteiger partial charge in [-0.1, -0.05) is 39.3 Å². The lowest BCUT2D eigenvalue weighted by molar-refractivity contribution is -0.129. The zero-order chi connectivity index (χ0) is 16.0. The van der Waals surface area contributed by atoms with Crippen molar-refractivity contribution in [2.45, 2.75) is 32.6 Å². The molecule has 5 heteroatoms. The highest BCUT2D eigenvalue weighted by molar-refractivity contribution is 8.00. The first kappa shape index (κ1) is 18.2. The Hall–Kier alpha value is -0.870. The van der Waals surface area contributed by atoms with Crippen molar-refractivity contribution < 1.29 is 4.79 Å². The van der Waals surface area contributed by atoms with Gasteiger partial charge in [0.2, 0.25) is 5.91 Å². The van der Waals surface area contributed by atoms with Crippen molar-refractivity contribution in [1.29, 1.82) is 0 Å². The van der Waals surface area contributed by atoms with E-state index in [2.05, 4.69) is 27.7 Å². The number of carbonyl (C=O) groups is 1. The second-order valence-corrected chi connectivity index (χ2v) is 7.49. The Bertz CT molecular complexity index is 467. The van der Waals surface area contributed by atoms with Crippen LogP contribution in [0.5, 0.6) is 0 Å². The quantitative estimate of drug-likeness (QED) is 0.604. The van der Waals surface area contributed by atoms with Crippen LogP contribution in [0.2, 0.25) is 5.02 Å². The fourth-order valence-electron chi connectivity index (χ4n) is 2.02. The highest BCUT2D eigenvalue weighted by atomic mass is 35.5. The fraction of sp³-hybridized carbons (Fsp3) is 0.562. The van der Waals surface area contributed by atoms with Crippen molar-refractivity contribution in [2.75, 3.05) is 24.6 Å². The molecule has 1 rings (SSSR count). The van der Waals surface area contributed by atoms with E-state index in [1.165, 1.54) is 11.8 Å². The van der Waals surface area contributed by atoms with Crippen LogP contribution in [0.25, 0.3) is 0 Å². The van der Waals surface area contributed by atoms with Gasteiger partial charge in [0.1, 0.15) is 0 Å². The minimum absolute atomic E-state index is 0.154. The Labute approximate surface area is 137 Å². The molecule has 1 aromatic carbocycles. The van der Waals surface area contributed by atoms with Crippen LogP contribution < -0.4 is 5.73 Å². The van der Waals surface area contributed by atoms with Crippen molar-refractivity contribution in [1.82, 2.24) is 4.90 Å². The highest BCUT2D eigenvalue weighted by Crippen LogP contribution is 2.29. The number of nitrogens with two attached hydrogens (primary N) is 1. The van der Waals surface area contributed by atoms with Crippen molar-refractivity contribution in [3.63, 3.8) is 0 Å². The van der Waals surface area contributed by atoms with Gasteiger partial charge in [-0.3, -0.25) is 4.79 Å². The largest absolute Gasteiger partial charge is 0.399 e. The van der Waals surface area contributed by atoms with Gasteiger partial charge in [0, 0.05) is 23.7 Å². The Kier molecular flexibility index (Phi) is 7.40. The molecule has 0 aliphatic heterocycles. The van der Waals surface area contributed by atoms with E-state index in [1.54, 1.807) is 12.1 Å². The lowest BCUT2D eigenvalue weighted by Crippen LogP contribution is -2.38. The molecule has 0 saturated carbocycles. The van der Waals surface area contributed by atoms with Crippen LogP contribution in [-0.2, 0) is 4.79 Å². The summed E-state index contributed by atoms with van der Waals surface area (Å²) in [4.78, 5) is 15.2. The molecule has 0 bridgehead atoms. The number of nitrogen functional groups attached to an aromatic ring is 1. The molecular formula is C16H25ClN2OS. The molecular weight excluding hydrogens is 304 g/mol. The Morgan fingerprint density at radius 1 is 1.24 bits per heavy atom. The maximum absolute atomic E-state index is 12.4. The number of amides is 1. The van der Waals surface area contributed by atoms with Crippen LogP contribution in [0.4, 0.5) is 5.69 Å². The van der Waals surface area contributed by atoms with E-state index in [0.717, 1.165) is 18.0 Å². The average Bonchev–Trinajstić information content (AvgIpc) is 2.37. The molecule has 0 aliphatic rings. The number of carbonyl (C=O) groups excluding carboxylic acids is 1. The van der Waals surface area contributed by atoms with Crippen LogP contribution in [0.1, 0.15) is 27.7 Å². The molecule has 0 radical (unpaired) electrons. The summed E-state index contributed by atoms with van der Waals surface area (Å²) in [5.41, 5.74) is 6.42. The summed E-state index contributed by atoms with van der Waals surface area (Å²) in [6, 6.07) is 5.34. The minimum atomic E-state index is 0.154. The van der Waals surface area contributed by atoms with Gasteiger partial charge in [0.05, 0.1) is 10.8 Å². The number of anilines is 1. The monoisotopic (exact) mass is 328 g/mol. The first-order valence-corrected chi connectivity index (χ1v) is 8.61. The third-order valence-electron chi connectivity index (χ3n) is 2.83. The fourth-order valence-corrected chi connectivity index (χ4v) is 3.19. The molecule has 0 heterocycles. The maximum atomic E-state index is 12.4. The van der Waals surface area contributed by atoms with Crippen LogP contribution in [-0.4, -0.2) is 29.6 Å². The molecule has 21 heavy (non-hydrogen) atoms. The average molecular weight is 329 g/mol. The molecule has 0 aliphatic carbocycles. The number of hydrogen-bond donors (Lipinski definition) is 1. The Morgan fingerprint density at radius 3 is 2.33 bits per heavy atom. The van der Waals surface area contributed by atoms with Gasteiger partial charge in [-0.25, -0.2) is 0 Å². The summed E-state index contributed by atoms with van der Waals surface area (Å²) in [7, 11) is 0. The SMILES string of the molecule is CC(C)CN(CC(C)C)C(=O)CSc1cc(N)ccc1Cl. The molecule has 0 fully saturated rings. The molecule has 0 unspecified atom stereocenters. The van der Waals surface area contributed by atoms with E-state index in [4.69, 9.17) is 17.3 Å². The summed E-state index contributed by atoms with van der Waals surface area (Å²) in [5.74, 6) is 1.48. The zero-order valence-corrected chi connectivity index (χ0v) is 14.8. The summed E-state index contributed by atoms with van der Waals surface area (Å²) in [5, 5.41) is 0.640. The zero-order valence-electron chi connectivity index (χ0n) is 13.2. The molecule has 0 aromatic heterocycles. The van der Waals surface area contributed by atoms with Crippen molar-refractivity contribution in [3.8, 4) is 0 Å². The topological polar surface area (TPSA) is 46.3 Å². The first-order chi connectivity index (χ1) is 9.79. The van der Waals surface area contributed by atoms with Gasteiger partial charge in [0.15, 0.2) is 0 Å². The first-order valence-electron chi connectivity index (χ1n) is 7.25. The van der Waals surface area contributed by atoms with Crippen molar-refractivity contribution in [3.05, 3.63) is 23.2 Å². The van der Waals surface area contributed by atoms with E-state index in [0.29, 0.717) is 28.3 Å².